The zero-order valence-corrected chi connectivity index (χ0v) is 6.61. The fourth-order valence-corrected chi connectivity index (χ4v) is 0.596. The Labute approximate surface area is 68.2 Å². The lowest BCUT2D eigenvalue weighted by atomic mass is 10.1. The predicted octanol–water partition coefficient (Wildman–Crippen LogP) is 1.14. The van der Waals surface area contributed by atoms with Crippen molar-refractivity contribution in [1.82, 2.24) is 0 Å². The Kier molecular flexibility index (Phi) is 4.02. The maximum absolute atomic E-state index is 12.0. The molecule has 1 unspecified atom stereocenters. The smallest absolute Gasteiger partial charge is 0.387 e. The molecule has 0 aromatic rings. The molecule has 0 amide bonds. The maximum Gasteiger partial charge on any atom is 0.400 e. The van der Waals surface area contributed by atoms with Crippen LogP contribution in [0.25, 0.3) is 0 Å². The number of amidine groups is 1. The summed E-state index contributed by atoms with van der Waals surface area (Å²) in [5.74, 6) is -2.88. The van der Waals surface area contributed by atoms with E-state index in [4.69, 9.17) is 11.1 Å². The second kappa shape index (κ2) is 4.30. The highest BCUT2D eigenvalue weighted by molar-refractivity contribution is 5.80. The summed E-state index contributed by atoms with van der Waals surface area (Å²) < 4.78 is 40.5. The third-order valence-corrected chi connectivity index (χ3v) is 1.26. The van der Waals surface area contributed by atoms with E-state index in [0.717, 1.165) is 0 Å². The number of hydrogen-bond acceptors (Lipinski definition) is 2. The minimum absolute atomic E-state index is 0.180. The van der Waals surface area contributed by atoms with E-state index < -0.39 is 24.5 Å². The van der Waals surface area contributed by atoms with Gasteiger partial charge in [0.1, 0.15) is 11.8 Å². The van der Waals surface area contributed by atoms with E-state index in [1.165, 1.54) is 0 Å². The van der Waals surface area contributed by atoms with Crippen LogP contribution in [0.15, 0.2) is 0 Å². The molecule has 0 aromatic carbocycles. The lowest BCUT2D eigenvalue weighted by molar-refractivity contribution is -0.167. The van der Waals surface area contributed by atoms with Crippen LogP contribution in [0.4, 0.5) is 13.2 Å². The van der Waals surface area contributed by atoms with Crippen LogP contribution in [0.3, 0.4) is 0 Å². The van der Waals surface area contributed by atoms with Crippen LogP contribution in [0.5, 0.6) is 0 Å². The number of hydrogen-bond donors (Lipinski definition) is 2. The molecule has 0 radical (unpaired) electrons. The summed E-state index contributed by atoms with van der Waals surface area (Å²) in [6.45, 7) is 1.18. The van der Waals surface area contributed by atoms with E-state index in [1.54, 1.807) is 6.92 Å². The Hall–Kier alpha value is -0.780. The van der Waals surface area contributed by atoms with E-state index in [1.807, 2.05) is 0 Å². The van der Waals surface area contributed by atoms with Crippen molar-refractivity contribution in [3.8, 4) is 0 Å². The molecule has 0 aliphatic rings. The maximum atomic E-state index is 12.0. The minimum Gasteiger partial charge on any atom is -0.387 e. The predicted molar refractivity (Wildman–Crippen MR) is 38.0 cm³/mol. The number of halogens is 3. The Morgan fingerprint density at radius 1 is 1.58 bits per heavy atom. The molecule has 3 N–H and O–H groups in total. The van der Waals surface area contributed by atoms with Crippen molar-refractivity contribution in [2.75, 3.05) is 13.2 Å². The molecule has 6 heteroatoms. The minimum atomic E-state index is -4.49. The van der Waals surface area contributed by atoms with Crippen LogP contribution < -0.4 is 5.73 Å². The number of nitrogens with two attached hydrogens (primary N) is 1. The number of alkyl halides is 3. The molecule has 3 nitrogen and oxygen atoms in total. The Balaban J connectivity index is 4.15. The van der Waals surface area contributed by atoms with Gasteiger partial charge in [-0.1, -0.05) is 0 Å². The highest BCUT2D eigenvalue weighted by Crippen LogP contribution is 2.26. The third-order valence-electron chi connectivity index (χ3n) is 1.26. The summed E-state index contributed by atoms with van der Waals surface area (Å²) in [7, 11) is 0. The first kappa shape index (κ1) is 11.2. The second-order valence-electron chi connectivity index (χ2n) is 2.21. The van der Waals surface area contributed by atoms with E-state index >= 15 is 0 Å². The van der Waals surface area contributed by atoms with Crippen LogP contribution in [0, 0.1) is 11.3 Å². The highest BCUT2D eigenvalue weighted by atomic mass is 19.4. The van der Waals surface area contributed by atoms with E-state index in [2.05, 4.69) is 4.74 Å². The zero-order valence-electron chi connectivity index (χ0n) is 6.61. The summed E-state index contributed by atoms with van der Waals surface area (Å²) in [5, 5.41) is 6.66. The van der Waals surface area contributed by atoms with Gasteiger partial charge in [0.2, 0.25) is 0 Å². The Morgan fingerprint density at radius 3 is 2.33 bits per heavy atom. The van der Waals surface area contributed by atoms with Crippen molar-refractivity contribution in [2.24, 2.45) is 11.7 Å². The van der Waals surface area contributed by atoms with E-state index in [-0.39, 0.29) is 6.61 Å². The molecular formula is C6H11F3N2O. The molecule has 0 fully saturated rings. The zero-order chi connectivity index (χ0) is 9.78. The largest absolute Gasteiger partial charge is 0.400 e. The van der Waals surface area contributed by atoms with Crippen LogP contribution >= 0.6 is 0 Å². The number of rotatable bonds is 4. The first-order valence-electron chi connectivity index (χ1n) is 3.38. The summed E-state index contributed by atoms with van der Waals surface area (Å²) in [5.41, 5.74) is 4.75. The van der Waals surface area contributed by atoms with Crippen LogP contribution in [0.2, 0.25) is 0 Å². The quantitative estimate of drug-likeness (QED) is 0.508. The van der Waals surface area contributed by atoms with Crippen molar-refractivity contribution in [3.05, 3.63) is 0 Å². The van der Waals surface area contributed by atoms with Gasteiger partial charge in [0.15, 0.2) is 0 Å². The van der Waals surface area contributed by atoms with Gasteiger partial charge in [-0.3, -0.25) is 5.41 Å². The average molecular weight is 184 g/mol. The average Bonchev–Trinajstić information content (AvgIpc) is 1.84. The van der Waals surface area contributed by atoms with Gasteiger partial charge < -0.3 is 10.5 Å². The molecule has 0 spiro atoms. The van der Waals surface area contributed by atoms with Gasteiger partial charge in [0.25, 0.3) is 0 Å². The van der Waals surface area contributed by atoms with Crippen LogP contribution in [-0.2, 0) is 4.74 Å². The molecular weight excluding hydrogens is 173 g/mol. The summed E-state index contributed by atoms with van der Waals surface area (Å²) in [6.07, 6.45) is -4.49. The number of ether oxygens (including phenoxy) is 1. The second-order valence-corrected chi connectivity index (χ2v) is 2.21. The molecule has 0 rings (SSSR count). The van der Waals surface area contributed by atoms with Crippen LogP contribution in [-0.4, -0.2) is 25.2 Å². The normalized spacial score (nSPS) is 14.3. The van der Waals surface area contributed by atoms with E-state index in [9.17, 15) is 13.2 Å². The van der Waals surface area contributed by atoms with Crippen molar-refractivity contribution in [2.45, 2.75) is 13.1 Å². The lowest BCUT2D eigenvalue weighted by Crippen LogP contribution is -2.38. The van der Waals surface area contributed by atoms with Gasteiger partial charge in [0.05, 0.1) is 6.61 Å². The van der Waals surface area contributed by atoms with E-state index in [0.29, 0.717) is 0 Å². The standard InChI is InChI=1S/C6H11F3N2O/c1-2-12-3-4(5(10)11)6(7,8)9/h4H,2-3H2,1H3,(H3,10,11). The first-order valence-corrected chi connectivity index (χ1v) is 3.38. The topological polar surface area (TPSA) is 59.1 Å². The molecule has 0 bridgehead atoms. The molecule has 0 aromatic heterocycles. The molecule has 72 valence electrons. The summed E-state index contributed by atoms with van der Waals surface area (Å²) in [6, 6.07) is 0. The monoisotopic (exact) mass is 184 g/mol. The summed E-state index contributed by atoms with van der Waals surface area (Å²) in [4.78, 5) is 0. The van der Waals surface area contributed by atoms with Crippen molar-refractivity contribution in [1.29, 1.82) is 5.41 Å². The Morgan fingerprint density at radius 2 is 2.08 bits per heavy atom. The molecule has 0 saturated heterocycles. The fraction of sp³-hybridized carbons (Fsp3) is 0.833. The number of nitrogens with one attached hydrogen (secondary N) is 1. The third kappa shape index (κ3) is 3.56. The van der Waals surface area contributed by atoms with Gasteiger partial charge in [-0.25, -0.2) is 0 Å². The molecule has 0 aliphatic heterocycles. The Bertz CT molecular complexity index is 157. The highest BCUT2D eigenvalue weighted by Gasteiger charge is 2.41. The van der Waals surface area contributed by atoms with Gasteiger partial charge in [-0.2, -0.15) is 13.2 Å². The first-order chi connectivity index (χ1) is 5.39. The van der Waals surface area contributed by atoms with Crippen molar-refractivity contribution >= 4 is 5.84 Å². The van der Waals surface area contributed by atoms with Crippen molar-refractivity contribution < 1.29 is 17.9 Å². The molecule has 0 aliphatic carbocycles. The fourth-order valence-electron chi connectivity index (χ4n) is 0.596. The van der Waals surface area contributed by atoms with Gasteiger partial charge >= 0.3 is 6.18 Å². The van der Waals surface area contributed by atoms with Crippen LogP contribution in [0.1, 0.15) is 6.92 Å². The van der Waals surface area contributed by atoms with Gasteiger partial charge in [-0.05, 0) is 6.92 Å². The van der Waals surface area contributed by atoms with Gasteiger partial charge in [0, 0.05) is 6.61 Å². The molecule has 0 saturated carbocycles. The lowest BCUT2D eigenvalue weighted by Gasteiger charge is -2.18. The van der Waals surface area contributed by atoms with Gasteiger partial charge in [-0.15, -0.1) is 0 Å². The SMILES string of the molecule is CCOCC(C(=N)N)C(F)(F)F. The molecule has 1 atom stereocenters. The molecule has 0 heterocycles. The van der Waals surface area contributed by atoms with Crippen molar-refractivity contribution in [3.63, 3.8) is 0 Å². The molecule has 12 heavy (non-hydrogen) atoms. The summed E-state index contributed by atoms with van der Waals surface area (Å²) >= 11 is 0.